The third-order valence-corrected chi connectivity index (χ3v) is 6.73. The van der Waals surface area contributed by atoms with Crippen LogP contribution in [0.3, 0.4) is 0 Å². The van der Waals surface area contributed by atoms with Crippen LogP contribution in [-0.2, 0) is 13.0 Å². The standard InChI is InChI=1S/C26H28N6O2/c1-2-21-17-32(25(33)20-8-4-3-5-9-20)26(34)31(21)16-18-12-14-19(15-13-18)22-10-6-7-11-23(22)24-27-29-30-28-24/h6-7,10-15,17,20H,2-5,8-9,16H2,1H3,(H,27,28,29,30). The lowest BCUT2D eigenvalue weighted by atomic mass is 9.88. The van der Waals surface area contributed by atoms with Crippen molar-refractivity contribution in [2.24, 2.45) is 5.92 Å². The van der Waals surface area contributed by atoms with Gasteiger partial charge in [-0.15, -0.1) is 10.2 Å². The lowest BCUT2D eigenvalue weighted by Crippen LogP contribution is -2.34. The highest BCUT2D eigenvalue weighted by Gasteiger charge is 2.25. The number of aryl methyl sites for hydroxylation is 1. The average molecular weight is 457 g/mol. The quantitative estimate of drug-likeness (QED) is 0.466. The van der Waals surface area contributed by atoms with E-state index in [0.717, 1.165) is 53.6 Å². The van der Waals surface area contributed by atoms with Gasteiger partial charge in [-0.3, -0.25) is 9.36 Å². The Bertz CT molecular complexity index is 1330. The number of nitrogens with zero attached hydrogens (tertiary/aromatic N) is 5. The molecule has 8 heteroatoms. The van der Waals surface area contributed by atoms with Gasteiger partial charge in [-0.1, -0.05) is 74.7 Å². The van der Waals surface area contributed by atoms with Crippen molar-refractivity contribution >= 4 is 5.91 Å². The number of aromatic amines is 1. The van der Waals surface area contributed by atoms with Crippen LogP contribution in [0.5, 0.6) is 0 Å². The highest BCUT2D eigenvalue weighted by atomic mass is 16.2. The minimum Gasteiger partial charge on any atom is -0.292 e. The van der Waals surface area contributed by atoms with Crippen molar-refractivity contribution in [3.05, 3.63) is 76.5 Å². The SMILES string of the molecule is CCc1cn(C(=O)C2CCCCC2)c(=O)n1Cc1ccc(-c2ccccc2-c2nn[nH]n2)cc1. The Morgan fingerprint density at radius 3 is 2.44 bits per heavy atom. The molecule has 34 heavy (non-hydrogen) atoms. The molecule has 8 nitrogen and oxygen atoms in total. The molecule has 0 radical (unpaired) electrons. The second-order valence-electron chi connectivity index (χ2n) is 8.86. The third-order valence-electron chi connectivity index (χ3n) is 6.73. The Balaban J connectivity index is 1.40. The number of rotatable bonds is 6. The number of nitrogens with one attached hydrogen (secondary N) is 1. The molecule has 0 spiro atoms. The fraction of sp³-hybridized carbons (Fsp3) is 0.346. The van der Waals surface area contributed by atoms with Gasteiger partial charge in [0.05, 0.1) is 6.54 Å². The molecular weight excluding hydrogens is 428 g/mol. The number of hydrogen-bond donors (Lipinski definition) is 1. The zero-order chi connectivity index (χ0) is 23.5. The van der Waals surface area contributed by atoms with E-state index in [1.807, 2.05) is 55.5 Å². The maximum Gasteiger partial charge on any atom is 0.335 e. The molecule has 5 rings (SSSR count). The zero-order valence-corrected chi connectivity index (χ0v) is 19.3. The normalized spacial score (nSPS) is 14.4. The number of imidazole rings is 1. The Kier molecular flexibility index (Phi) is 6.20. The van der Waals surface area contributed by atoms with Crippen LogP contribution in [0.4, 0.5) is 0 Å². The van der Waals surface area contributed by atoms with Crippen LogP contribution in [0.15, 0.2) is 59.5 Å². The molecule has 1 aliphatic rings. The van der Waals surface area contributed by atoms with Crippen LogP contribution < -0.4 is 5.69 Å². The molecule has 0 unspecified atom stereocenters. The fourth-order valence-electron chi connectivity index (χ4n) is 4.86. The predicted molar refractivity (Wildman–Crippen MR) is 129 cm³/mol. The van der Waals surface area contributed by atoms with Gasteiger partial charge in [-0.25, -0.2) is 9.36 Å². The third kappa shape index (κ3) is 4.23. The van der Waals surface area contributed by atoms with E-state index in [9.17, 15) is 9.59 Å². The summed E-state index contributed by atoms with van der Waals surface area (Å²) < 4.78 is 3.08. The lowest BCUT2D eigenvalue weighted by Gasteiger charge is -2.19. The van der Waals surface area contributed by atoms with Crippen molar-refractivity contribution in [3.8, 4) is 22.5 Å². The van der Waals surface area contributed by atoms with E-state index in [0.29, 0.717) is 18.8 Å². The summed E-state index contributed by atoms with van der Waals surface area (Å²) >= 11 is 0. The molecular formula is C26H28N6O2. The average Bonchev–Trinajstić information content (AvgIpc) is 3.53. The largest absolute Gasteiger partial charge is 0.335 e. The summed E-state index contributed by atoms with van der Waals surface area (Å²) in [5.41, 5.74) is 4.57. The van der Waals surface area contributed by atoms with Crippen LogP contribution in [-0.4, -0.2) is 35.7 Å². The molecule has 0 atom stereocenters. The van der Waals surface area contributed by atoms with E-state index < -0.39 is 0 Å². The molecule has 1 aliphatic carbocycles. The number of H-pyrrole nitrogens is 1. The van der Waals surface area contributed by atoms with Crippen molar-refractivity contribution in [2.45, 2.75) is 52.0 Å². The maximum absolute atomic E-state index is 13.2. The van der Waals surface area contributed by atoms with Crippen molar-refractivity contribution in [1.29, 1.82) is 0 Å². The Morgan fingerprint density at radius 2 is 1.76 bits per heavy atom. The monoisotopic (exact) mass is 456 g/mol. The highest BCUT2D eigenvalue weighted by molar-refractivity contribution is 5.81. The van der Waals surface area contributed by atoms with Gasteiger partial charge in [0.2, 0.25) is 11.7 Å². The number of carbonyl (C=O) groups is 1. The van der Waals surface area contributed by atoms with Crippen molar-refractivity contribution in [3.63, 3.8) is 0 Å². The Labute approximate surface area is 197 Å². The van der Waals surface area contributed by atoms with Crippen molar-refractivity contribution in [2.75, 3.05) is 0 Å². The molecule has 2 heterocycles. The summed E-state index contributed by atoms with van der Waals surface area (Å²) in [6, 6.07) is 16.0. The molecule has 174 valence electrons. The van der Waals surface area contributed by atoms with Gasteiger partial charge in [-0.2, -0.15) is 5.21 Å². The maximum atomic E-state index is 13.2. The van der Waals surface area contributed by atoms with Crippen LogP contribution in [0.1, 0.15) is 55.1 Å². The molecule has 0 amide bonds. The molecule has 0 bridgehead atoms. The van der Waals surface area contributed by atoms with Crippen LogP contribution in [0, 0.1) is 5.92 Å². The first kappa shape index (κ1) is 22.0. The van der Waals surface area contributed by atoms with Gasteiger partial charge in [0.25, 0.3) is 0 Å². The number of hydrogen-bond acceptors (Lipinski definition) is 5. The van der Waals surface area contributed by atoms with E-state index in [-0.39, 0.29) is 17.5 Å². The molecule has 2 aromatic heterocycles. The van der Waals surface area contributed by atoms with E-state index in [1.165, 1.54) is 11.0 Å². The second-order valence-corrected chi connectivity index (χ2v) is 8.86. The number of aromatic nitrogens is 6. The number of carbonyl (C=O) groups excluding carboxylic acids is 1. The molecule has 4 aromatic rings. The smallest absolute Gasteiger partial charge is 0.292 e. The summed E-state index contributed by atoms with van der Waals surface area (Å²) in [4.78, 5) is 26.2. The van der Waals surface area contributed by atoms with Gasteiger partial charge in [0.1, 0.15) is 0 Å². The van der Waals surface area contributed by atoms with Gasteiger partial charge in [-0.05, 0) is 41.2 Å². The number of tetrazole rings is 1. The van der Waals surface area contributed by atoms with E-state index in [2.05, 4.69) is 20.6 Å². The topological polar surface area (TPSA) is 98.5 Å². The minimum absolute atomic E-state index is 0.0365. The molecule has 1 N–H and O–H groups in total. The molecule has 1 fully saturated rings. The first-order chi connectivity index (χ1) is 16.7. The Hall–Kier alpha value is -3.81. The summed E-state index contributed by atoms with van der Waals surface area (Å²) in [5.74, 6) is 0.458. The minimum atomic E-state index is -0.237. The van der Waals surface area contributed by atoms with Crippen LogP contribution >= 0.6 is 0 Å². The summed E-state index contributed by atoms with van der Waals surface area (Å²) in [7, 11) is 0. The number of benzene rings is 2. The molecule has 1 saturated carbocycles. The first-order valence-electron chi connectivity index (χ1n) is 11.9. The highest BCUT2D eigenvalue weighted by Crippen LogP contribution is 2.30. The van der Waals surface area contributed by atoms with Crippen molar-refractivity contribution < 1.29 is 4.79 Å². The van der Waals surface area contributed by atoms with Crippen LogP contribution in [0.25, 0.3) is 22.5 Å². The first-order valence-corrected chi connectivity index (χ1v) is 11.9. The summed E-state index contributed by atoms with van der Waals surface area (Å²) in [5, 5.41) is 14.4. The summed E-state index contributed by atoms with van der Waals surface area (Å²) in [6.45, 7) is 2.44. The van der Waals surface area contributed by atoms with Gasteiger partial charge in [0.15, 0.2) is 0 Å². The Morgan fingerprint density at radius 1 is 1.03 bits per heavy atom. The molecule has 0 aliphatic heterocycles. The van der Waals surface area contributed by atoms with Gasteiger partial charge in [0, 0.05) is 23.4 Å². The van der Waals surface area contributed by atoms with E-state index in [4.69, 9.17) is 0 Å². The van der Waals surface area contributed by atoms with Crippen molar-refractivity contribution in [1.82, 2.24) is 29.8 Å². The van der Waals surface area contributed by atoms with E-state index in [1.54, 1.807) is 10.8 Å². The van der Waals surface area contributed by atoms with E-state index >= 15 is 0 Å². The lowest BCUT2D eigenvalue weighted by molar-refractivity contribution is 0.0796. The molecule has 2 aromatic carbocycles. The summed E-state index contributed by atoms with van der Waals surface area (Å²) in [6.07, 6.45) is 7.50. The molecule has 0 saturated heterocycles. The second kappa shape index (κ2) is 9.59. The van der Waals surface area contributed by atoms with Gasteiger partial charge < -0.3 is 0 Å². The van der Waals surface area contributed by atoms with Crippen LogP contribution in [0.2, 0.25) is 0 Å². The predicted octanol–water partition coefficient (Wildman–Crippen LogP) is 4.33. The van der Waals surface area contributed by atoms with Gasteiger partial charge >= 0.3 is 5.69 Å². The zero-order valence-electron chi connectivity index (χ0n) is 19.3. The fourth-order valence-corrected chi connectivity index (χ4v) is 4.86.